The van der Waals surface area contributed by atoms with Gasteiger partial charge in [0.25, 0.3) is 0 Å². The summed E-state index contributed by atoms with van der Waals surface area (Å²) in [4.78, 5) is 11.6. The number of halogens is 3. The Hall–Kier alpha value is -2.97. The second kappa shape index (κ2) is 9.11. The Labute approximate surface area is 154 Å². The van der Waals surface area contributed by atoms with Crippen LogP contribution in [0.25, 0.3) is 0 Å². The average Bonchev–Trinajstić information content (AvgIpc) is 3.07. The largest absolute Gasteiger partial charge is 0.487 e. The van der Waals surface area contributed by atoms with Gasteiger partial charge in [-0.1, -0.05) is 12.1 Å². The minimum Gasteiger partial charge on any atom is -0.487 e. The minimum atomic E-state index is -4.63. The molecule has 0 atom stereocenters. The van der Waals surface area contributed by atoms with Crippen LogP contribution in [0.2, 0.25) is 0 Å². The third-order valence-corrected chi connectivity index (χ3v) is 3.27. The van der Waals surface area contributed by atoms with Gasteiger partial charge in [-0.3, -0.25) is 4.68 Å². The molecule has 0 radical (unpaired) electrons. The fourth-order valence-corrected chi connectivity index (χ4v) is 2.13. The van der Waals surface area contributed by atoms with Crippen molar-refractivity contribution in [2.45, 2.75) is 26.6 Å². The van der Waals surface area contributed by atoms with Crippen molar-refractivity contribution in [2.24, 2.45) is 0 Å². The highest BCUT2D eigenvalue weighted by molar-refractivity contribution is 5.88. The molecule has 0 saturated heterocycles. The molecule has 0 unspecified atom stereocenters. The van der Waals surface area contributed by atoms with Gasteiger partial charge in [0.05, 0.1) is 31.5 Å². The van der Waals surface area contributed by atoms with E-state index in [1.165, 1.54) is 30.1 Å². The Morgan fingerprint density at radius 3 is 2.63 bits per heavy atom. The van der Waals surface area contributed by atoms with Crippen molar-refractivity contribution in [3.8, 4) is 5.75 Å². The Balaban J connectivity index is 2.08. The molecule has 0 fully saturated rings. The summed E-state index contributed by atoms with van der Waals surface area (Å²) in [6.07, 6.45) is -1.18. The first-order valence-electron chi connectivity index (χ1n) is 8.18. The Morgan fingerprint density at radius 2 is 1.96 bits per heavy atom. The number of allylic oxidation sites excluding steroid dienone is 1. The molecule has 2 rings (SSSR count). The number of esters is 1. The highest BCUT2D eigenvalue weighted by Gasteiger charge is 2.36. The zero-order valence-corrected chi connectivity index (χ0v) is 14.8. The molecule has 0 aliphatic heterocycles. The molecule has 2 aromatic rings. The smallest absolute Gasteiger partial charge is 0.452 e. The van der Waals surface area contributed by atoms with Crippen LogP contribution in [0.4, 0.5) is 13.2 Å². The van der Waals surface area contributed by atoms with Gasteiger partial charge in [0, 0.05) is 6.20 Å². The fourth-order valence-electron chi connectivity index (χ4n) is 2.13. The first-order valence-corrected chi connectivity index (χ1v) is 8.18. The van der Waals surface area contributed by atoms with Crippen molar-refractivity contribution in [3.63, 3.8) is 0 Å². The number of nitrogens with zero attached hydrogens (tertiary/aromatic N) is 2. The van der Waals surface area contributed by atoms with Crippen LogP contribution in [0.5, 0.6) is 5.75 Å². The maximum Gasteiger partial charge on any atom is 0.452 e. The number of hydrogen-bond acceptors (Lipinski definition) is 5. The summed E-state index contributed by atoms with van der Waals surface area (Å²) in [6.45, 7) is 3.60. The SMILES string of the molecule is CCOC(=O)c1cnn(Cc2cccc(O/C=C(\OCC)C(F)(F)F)c2)c1. The average molecular weight is 384 g/mol. The third kappa shape index (κ3) is 6.05. The maximum absolute atomic E-state index is 12.8. The van der Waals surface area contributed by atoms with Gasteiger partial charge in [-0.25, -0.2) is 4.79 Å². The number of hydrogen-bond donors (Lipinski definition) is 0. The Kier molecular flexibility index (Phi) is 6.86. The van der Waals surface area contributed by atoms with Crippen molar-refractivity contribution in [3.05, 3.63) is 59.8 Å². The summed E-state index contributed by atoms with van der Waals surface area (Å²) in [6, 6.07) is 6.49. The number of carbonyl (C=O) groups excluding carboxylic acids is 1. The van der Waals surface area contributed by atoms with Gasteiger partial charge in [0.15, 0.2) is 0 Å². The van der Waals surface area contributed by atoms with Crippen LogP contribution < -0.4 is 4.74 Å². The molecular weight excluding hydrogens is 365 g/mol. The topological polar surface area (TPSA) is 62.6 Å². The molecule has 0 amide bonds. The van der Waals surface area contributed by atoms with Crippen LogP contribution in [0.3, 0.4) is 0 Å². The maximum atomic E-state index is 12.8. The summed E-state index contributed by atoms with van der Waals surface area (Å²) in [5.41, 5.74) is 1.04. The van der Waals surface area contributed by atoms with E-state index in [0.717, 1.165) is 5.56 Å². The van der Waals surface area contributed by atoms with E-state index in [1.54, 1.807) is 25.1 Å². The van der Waals surface area contributed by atoms with Crippen LogP contribution in [0, 0.1) is 0 Å². The molecule has 0 N–H and O–H groups in total. The van der Waals surface area contributed by atoms with E-state index in [4.69, 9.17) is 9.47 Å². The van der Waals surface area contributed by atoms with E-state index in [-0.39, 0.29) is 19.0 Å². The molecular formula is C18H19F3N2O4. The minimum absolute atomic E-state index is 0.128. The normalized spacial score (nSPS) is 12.0. The lowest BCUT2D eigenvalue weighted by Gasteiger charge is -2.12. The second-order valence-corrected chi connectivity index (χ2v) is 5.33. The third-order valence-electron chi connectivity index (χ3n) is 3.27. The first-order chi connectivity index (χ1) is 12.8. The molecule has 0 aliphatic rings. The van der Waals surface area contributed by atoms with Crippen molar-refractivity contribution in [1.29, 1.82) is 0 Å². The van der Waals surface area contributed by atoms with Gasteiger partial charge in [0.2, 0.25) is 5.76 Å². The fraction of sp³-hybridized carbons (Fsp3) is 0.333. The lowest BCUT2D eigenvalue weighted by molar-refractivity contribution is -0.132. The molecule has 0 bridgehead atoms. The standard InChI is InChI=1S/C18H19F3N2O4/c1-3-25-16(18(19,20)21)12-27-15-7-5-6-13(8-15)10-23-11-14(9-22-23)17(24)26-4-2/h5-9,11-12H,3-4,10H2,1-2H3/b16-12-. The summed E-state index contributed by atoms with van der Waals surface area (Å²) < 4.78 is 54.4. The van der Waals surface area contributed by atoms with Crippen LogP contribution >= 0.6 is 0 Å². The van der Waals surface area contributed by atoms with E-state index >= 15 is 0 Å². The van der Waals surface area contributed by atoms with E-state index < -0.39 is 17.9 Å². The van der Waals surface area contributed by atoms with Gasteiger partial charge in [0.1, 0.15) is 12.0 Å². The highest BCUT2D eigenvalue weighted by atomic mass is 19.4. The van der Waals surface area contributed by atoms with E-state index in [0.29, 0.717) is 18.4 Å². The highest BCUT2D eigenvalue weighted by Crippen LogP contribution is 2.27. The molecule has 0 aliphatic carbocycles. The molecule has 6 nitrogen and oxygen atoms in total. The van der Waals surface area contributed by atoms with E-state index in [9.17, 15) is 18.0 Å². The van der Waals surface area contributed by atoms with Crippen LogP contribution in [0.1, 0.15) is 29.8 Å². The van der Waals surface area contributed by atoms with Gasteiger partial charge in [-0.05, 0) is 31.5 Å². The monoisotopic (exact) mass is 384 g/mol. The molecule has 9 heteroatoms. The number of benzene rings is 1. The van der Waals surface area contributed by atoms with Crippen LogP contribution in [-0.2, 0) is 16.0 Å². The van der Waals surface area contributed by atoms with Gasteiger partial charge < -0.3 is 14.2 Å². The lowest BCUT2D eigenvalue weighted by atomic mass is 10.2. The van der Waals surface area contributed by atoms with Crippen molar-refractivity contribution >= 4 is 5.97 Å². The summed E-state index contributed by atoms with van der Waals surface area (Å²) in [5.74, 6) is -1.46. The zero-order valence-electron chi connectivity index (χ0n) is 14.8. The molecule has 1 aromatic carbocycles. The second-order valence-electron chi connectivity index (χ2n) is 5.33. The predicted molar refractivity (Wildman–Crippen MR) is 90.1 cm³/mol. The van der Waals surface area contributed by atoms with Crippen molar-refractivity contribution < 1.29 is 32.2 Å². The lowest BCUT2D eigenvalue weighted by Crippen LogP contribution is -2.15. The van der Waals surface area contributed by atoms with Crippen LogP contribution in [-0.4, -0.2) is 35.1 Å². The number of aromatic nitrogens is 2. The molecule has 0 saturated carbocycles. The first kappa shape index (κ1) is 20.3. The van der Waals surface area contributed by atoms with Gasteiger partial charge in [-0.15, -0.1) is 0 Å². The Bertz CT molecular complexity index is 800. The number of alkyl halides is 3. The molecule has 1 heterocycles. The molecule has 1 aromatic heterocycles. The number of rotatable bonds is 8. The number of ether oxygens (including phenoxy) is 3. The quantitative estimate of drug-likeness (QED) is 0.510. The Morgan fingerprint density at radius 1 is 1.22 bits per heavy atom. The summed E-state index contributed by atoms with van der Waals surface area (Å²) in [5, 5.41) is 4.07. The van der Waals surface area contributed by atoms with E-state index in [1.807, 2.05) is 0 Å². The molecule has 0 spiro atoms. The van der Waals surface area contributed by atoms with Crippen molar-refractivity contribution in [1.82, 2.24) is 9.78 Å². The van der Waals surface area contributed by atoms with E-state index in [2.05, 4.69) is 9.84 Å². The molecule has 146 valence electrons. The van der Waals surface area contributed by atoms with Gasteiger partial charge in [-0.2, -0.15) is 18.3 Å². The number of carbonyl (C=O) groups is 1. The van der Waals surface area contributed by atoms with Gasteiger partial charge >= 0.3 is 12.1 Å². The zero-order chi connectivity index (χ0) is 19.9. The summed E-state index contributed by atoms with van der Waals surface area (Å²) >= 11 is 0. The molecule has 27 heavy (non-hydrogen) atoms. The summed E-state index contributed by atoms with van der Waals surface area (Å²) in [7, 11) is 0. The van der Waals surface area contributed by atoms with Crippen LogP contribution in [0.15, 0.2) is 48.7 Å². The van der Waals surface area contributed by atoms with Crippen molar-refractivity contribution in [2.75, 3.05) is 13.2 Å². The predicted octanol–water partition coefficient (Wildman–Crippen LogP) is 3.93.